The van der Waals surface area contributed by atoms with Crippen molar-refractivity contribution in [3.63, 3.8) is 0 Å². The van der Waals surface area contributed by atoms with Gasteiger partial charge >= 0.3 is 0 Å². The molecule has 0 saturated heterocycles. The smallest absolute Gasteiger partial charge is 0.0942 e. The number of aliphatic hydroxyl groups excluding tert-OH is 2. The SMILES string of the molecule is Cc1ccc(NC[C@H](O)CO)cc1Br. The van der Waals surface area contributed by atoms with E-state index >= 15 is 0 Å². The highest BCUT2D eigenvalue weighted by Gasteiger charge is 2.02. The highest BCUT2D eigenvalue weighted by molar-refractivity contribution is 9.10. The zero-order valence-electron chi connectivity index (χ0n) is 8.00. The van der Waals surface area contributed by atoms with Gasteiger partial charge in [-0.25, -0.2) is 0 Å². The molecule has 1 rings (SSSR count). The van der Waals surface area contributed by atoms with Crippen LogP contribution in [0.4, 0.5) is 5.69 Å². The Hall–Kier alpha value is -0.580. The standard InChI is InChI=1S/C10H14BrNO2/c1-7-2-3-8(4-10(7)11)12-5-9(14)6-13/h2-4,9,12-14H,5-6H2,1H3/t9-/m0/s1. The molecule has 1 aromatic carbocycles. The Bertz CT molecular complexity index is 304. The molecule has 0 bridgehead atoms. The topological polar surface area (TPSA) is 52.5 Å². The maximum atomic E-state index is 9.12. The van der Waals surface area contributed by atoms with Crippen molar-refractivity contribution in [3.05, 3.63) is 28.2 Å². The van der Waals surface area contributed by atoms with Gasteiger partial charge in [0.15, 0.2) is 0 Å². The van der Waals surface area contributed by atoms with Crippen LogP contribution in [0.5, 0.6) is 0 Å². The van der Waals surface area contributed by atoms with E-state index in [2.05, 4.69) is 21.2 Å². The minimum atomic E-state index is -0.713. The first-order chi connectivity index (χ1) is 6.63. The van der Waals surface area contributed by atoms with Gasteiger partial charge in [-0.15, -0.1) is 0 Å². The second kappa shape index (κ2) is 5.34. The lowest BCUT2D eigenvalue weighted by Crippen LogP contribution is -2.22. The van der Waals surface area contributed by atoms with Crippen molar-refractivity contribution in [1.82, 2.24) is 0 Å². The molecule has 1 aromatic rings. The number of benzene rings is 1. The van der Waals surface area contributed by atoms with Gasteiger partial charge in [0.1, 0.15) is 0 Å². The van der Waals surface area contributed by atoms with E-state index in [1.165, 1.54) is 5.56 Å². The van der Waals surface area contributed by atoms with Gasteiger partial charge < -0.3 is 15.5 Å². The molecule has 0 unspecified atom stereocenters. The molecule has 0 aliphatic carbocycles. The fourth-order valence-corrected chi connectivity index (χ4v) is 1.38. The Balaban J connectivity index is 2.55. The predicted molar refractivity (Wildman–Crippen MR) is 60.5 cm³/mol. The fraction of sp³-hybridized carbons (Fsp3) is 0.400. The third-order valence-corrected chi connectivity index (χ3v) is 2.78. The Kier molecular flexibility index (Phi) is 4.38. The molecule has 0 saturated carbocycles. The van der Waals surface area contributed by atoms with E-state index in [1.807, 2.05) is 25.1 Å². The summed E-state index contributed by atoms with van der Waals surface area (Å²) in [5.74, 6) is 0. The van der Waals surface area contributed by atoms with E-state index < -0.39 is 6.10 Å². The molecule has 4 heteroatoms. The molecule has 3 nitrogen and oxygen atoms in total. The monoisotopic (exact) mass is 259 g/mol. The van der Waals surface area contributed by atoms with Gasteiger partial charge in [-0.1, -0.05) is 22.0 Å². The molecule has 1 atom stereocenters. The number of aliphatic hydroxyl groups is 2. The van der Waals surface area contributed by atoms with E-state index in [9.17, 15) is 0 Å². The van der Waals surface area contributed by atoms with Gasteiger partial charge in [0, 0.05) is 16.7 Å². The van der Waals surface area contributed by atoms with E-state index in [0.29, 0.717) is 6.54 Å². The van der Waals surface area contributed by atoms with Crippen LogP contribution in [0.1, 0.15) is 5.56 Å². The lowest BCUT2D eigenvalue weighted by atomic mass is 10.2. The van der Waals surface area contributed by atoms with Crippen molar-refractivity contribution in [2.24, 2.45) is 0 Å². The van der Waals surface area contributed by atoms with Crippen molar-refractivity contribution in [2.45, 2.75) is 13.0 Å². The maximum absolute atomic E-state index is 9.12. The molecular formula is C10H14BrNO2. The fourth-order valence-electron chi connectivity index (χ4n) is 1.00. The van der Waals surface area contributed by atoms with Crippen LogP contribution >= 0.6 is 15.9 Å². The molecule has 0 spiro atoms. The van der Waals surface area contributed by atoms with Crippen molar-refractivity contribution in [1.29, 1.82) is 0 Å². The summed E-state index contributed by atoms with van der Waals surface area (Å²) in [5.41, 5.74) is 2.09. The molecule has 0 fully saturated rings. The summed E-state index contributed by atoms with van der Waals surface area (Å²) in [6.07, 6.45) is -0.713. The van der Waals surface area contributed by atoms with Crippen LogP contribution in [0, 0.1) is 6.92 Å². The van der Waals surface area contributed by atoms with E-state index in [4.69, 9.17) is 10.2 Å². The van der Waals surface area contributed by atoms with Crippen LogP contribution in [-0.2, 0) is 0 Å². The number of anilines is 1. The van der Waals surface area contributed by atoms with Gasteiger partial charge in [-0.2, -0.15) is 0 Å². The first-order valence-corrected chi connectivity index (χ1v) is 5.21. The molecular weight excluding hydrogens is 246 g/mol. The zero-order valence-corrected chi connectivity index (χ0v) is 9.58. The Morgan fingerprint density at radius 1 is 1.50 bits per heavy atom. The third kappa shape index (κ3) is 3.29. The van der Waals surface area contributed by atoms with Crippen molar-refractivity contribution in [3.8, 4) is 0 Å². The average molecular weight is 260 g/mol. The Morgan fingerprint density at radius 3 is 2.79 bits per heavy atom. The van der Waals surface area contributed by atoms with Crippen molar-refractivity contribution in [2.75, 3.05) is 18.5 Å². The van der Waals surface area contributed by atoms with E-state index in [-0.39, 0.29) is 6.61 Å². The first kappa shape index (κ1) is 11.5. The Labute approximate surface area is 91.9 Å². The van der Waals surface area contributed by atoms with Gasteiger partial charge in [-0.05, 0) is 24.6 Å². The number of halogens is 1. The van der Waals surface area contributed by atoms with Gasteiger partial charge in [0.25, 0.3) is 0 Å². The van der Waals surface area contributed by atoms with Gasteiger partial charge in [-0.3, -0.25) is 0 Å². The van der Waals surface area contributed by atoms with Crippen molar-refractivity contribution >= 4 is 21.6 Å². The maximum Gasteiger partial charge on any atom is 0.0942 e. The summed E-state index contributed by atoms with van der Waals surface area (Å²) in [4.78, 5) is 0. The van der Waals surface area contributed by atoms with Crippen LogP contribution < -0.4 is 5.32 Å². The summed E-state index contributed by atoms with van der Waals surface area (Å²) in [7, 11) is 0. The molecule has 0 aliphatic rings. The summed E-state index contributed by atoms with van der Waals surface area (Å²) >= 11 is 3.42. The number of rotatable bonds is 4. The summed E-state index contributed by atoms with van der Waals surface area (Å²) in [5, 5.41) is 20.8. The molecule has 0 aromatic heterocycles. The molecule has 0 radical (unpaired) electrons. The predicted octanol–water partition coefficient (Wildman–Crippen LogP) is 1.52. The van der Waals surface area contributed by atoms with Crippen LogP contribution in [-0.4, -0.2) is 29.5 Å². The first-order valence-electron chi connectivity index (χ1n) is 4.42. The average Bonchev–Trinajstić information content (AvgIpc) is 2.19. The minimum absolute atomic E-state index is 0.222. The number of hydrogen-bond donors (Lipinski definition) is 3. The molecule has 0 amide bonds. The molecule has 0 aliphatic heterocycles. The molecule has 0 heterocycles. The summed E-state index contributed by atoms with van der Waals surface area (Å²) in [6, 6.07) is 5.86. The second-order valence-corrected chi connectivity index (χ2v) is 4.04. The van der Waals surface area contributed by atoms with E-state index in [1.54, 1.807) is 0 Å². The van der Waals surface area contributed by atoms with E-state index in [0.717, 1.165) is 10.2 Å². The van der Waals surface area contributed by atoms with Crippen LogP contribution in [0.15, 0.2) is 22.7 Å². The van der Waals surface area contributed by atoms with Gasteiger partial charge in [0.2, 0.25) is 0 Å². The van der Waals surface area contributed by atoms with Crippen molar-refractivity contribution < 1.29 is 10.2 Å². The lowest BCUT2D eigenvalue weighted by Gasteiger charge is -2.10. The Morgan fingerprint density at radius 2 is 2.21 bits per heavy atom. The summed E-state index contributed by atoms with van der Waals surface area (Å²) in [6.45, 7) is 2.14. The third-order valence-electron chi connectivity index (χ3n) is 1.92. The quantitative estimate of drug-likeness (QED) is 0.769. The largest absolute Gasteiger partial charge is 0.394 e. The van der Waals surface area contributed by atoms with Crippen LogP contribution in [0.2, 0.25) is 0 Å². The number of aryl methyl sites for hydroxylation is 1. The normalized spacial score (nSPS) is 12.6. The zero-order chi connectivity index (χ0) is 10.6. The molecule has 78 valence electrons. The number of nitrogens with one attached hydrogen (secondary N) is 1. The van der Waals surface area contributed by atoms with Gasteiger partial charge in [0.05, 0.1) is 12.7 Å². The summed E-state index contributed by atoms with van der Waals surface area (Å²) < 4.78 is 1.03. The van der Waals surface area contributed by atoms with Crippen LogP contribution in [0.3, 0.4) is 0 Å². The minimum Gasteiger partial charge on any atom is -0.394 e. The highest BCUT2D eigenvalue weighted by Crippen LogP contribution is 2.20. The second-order valence-electron chi connectivity index (χ2n) is 3.18. The molecule has 3 N–H and O–H groups in total. The molecule has 14 heavy (non-hydrogen) atoms. The highest BCUT2D eigenvalue weighted by atomic mass is 79.9. The number of hydrogen-bond acceptors (Lipinski definition) is 3. The lowest BCUT2D eigenvalue weighted by molar-refractivity contribution is 0.105. The van der Waals surface area contributed by atoms with Crippen LogP contribution in [0.25, 0.3) is 0 Å².